The third kappa shape index (κ3) is 3.60. The van der Waals surface area contributed by atoms with Crippen LogP contribution in [0.3, 0.4) is 0 Å². The van der Waals surface area contributed by atoms with Gasteiger partial charge in [0.1, 0.15) is 5.82 Å². The van der Waals surface area contributed by atoms with Gasteiger partial charge in [0, 0.05) is 43.8 Å². The number of nitrogens with one attached hydrogen (secondary N) is 1. The topological polar surface area (TPSA) is 80.5 Å². The molecule has 1 aromatic heterocycles. The summed E-state index contributed by atoms with van der Waals surface area (Å²) in [6, 6.07) is 10.2. The second kappa shape index (κ2) is 7.39. The number of fused-ring (bicyclic) bond motifs is 1. The SMILES string of the molecule is Nc1ccc(-c2ccc(F)cc2)nc1NC(=O)[C@H]1[C@@H]2CN(C3CCOCC3)C[C@@H]21. The van der Waals surface area contributed by atoms with Gasteiger partial charge in [0.2, 0.25) is 5.91 Å². The first kappa shape index (κ1) is 18.5. The van der Waals surface area contributed by atoms with Crippen LogP contribution in [0.1, 0.15) is 12.8 Å². The lowest BCUT2D eigenvalue weighted by atomic mass is 10.1. The fourth-order valence-electron chi connectivity index (χ4n) is 4.85. The molecular weight excluding hydrogens is 371 g/mol. The van der Waals surface area contributed by atoms with Gasteiger partial charge in [-0.25, -0.2) is 9.37 Å². The number of nitrogens with zero attached hydrogens (tertiary/aromatic N) is 2. The highest BCUT2D eigenvalue weighted by Gasteiger charge is 2.60. The molecule has 3 heterocycles. The molecule has 152 valence electrons. The molecule has 2 saturated heterocycles. The van der Waals surface area contributed by atoms with Crippen LogP contribution in [0.15, 0.2) is 36.4 Å². The molecule has 1 aromatic carbocycles. The minimum Gasteiger partial charge on any atom is -0.396 e. The Bertz CT molecular complexity index is 902. The number of carbonyl (C=O) groups excluding carboxylic acids is 1. The molecule has 0 bridgehead atoms. The first-order valence-electron chi connectivity index (χ1n) is 10.3. The summed E-state index contributed by atoms with van der Waals surface area (Å²) < 4.78 is 18.6. The van der Waals surface area contributed by atoms with Crippen molar-refractivity contribution in [3.05, 3.63) is 42.2 Å². The van der Waals surface area contributed by atoms with E-state index in [-0.39, 0.29) is 17.6 Å². The van der Waals surface area contributed by atoms with Crippen LogP contribution in [0, 0.1) is 23.6 Å². The van der Waals surface area contributed by atoms with Gasteiger partial charge in [-0.1, -0.05) is 0 Å². The van der Waals surface area contributed by atoms with Crippen LogP contribution >= 0.6 is 0 Å². The number of rotatable bonds is 4. The minimum atomic E-state index is -0.298. The number of anilines is 2. The summed E-state index contributed by atoms with van der Waals surface area (Å²) >= 11 is 0. The number of hydrogen-bond acceptors (Lipinski definition) is 5. The van der Waals surface area contributed by atoms with Gasteiger partial charge in [-0.05, 0) is 61.1 Å². The van der Waals surface area contributed by atoms with Gasteiger partial charge in [0.15, 0.2) is 5.82 Å². The van der Waals surface area contributed by atoms with Crippen molar-refractivity contribution < 1.29 is 13.9 Å². The number of nitrogens with two attached hydrogens (primary N) is 1. The number of benzene rings is 1. The average molecular weight is 396 g/mol. The number of likely N-dealkylation sites (tertiary alicyclic amines) is 1. The summed E-state index contributed by atoms with van der Waals surface area (Å²) in [7, 11) is 0. The Morgan fingerprint density at radius 1 is 1.10 bits per heavy atom. The maximum Gasteiger partial charge on any atom is 0.229 e. The van der Waals surface area contributed by atoms with Gasteiger partial charge in [-0.2, -0.15) is 0 Å². The van der Waals surface area contributed by atoms with Crippen LogP contribution in [-0.4, -0.2) is 48.1 Å². The van der Waals surface area contributed by atoms with Crippen LogP contribution in [0.5, 0.6) is 0 Å². The smallest absolute Gasteiger partial charge is 0.229 e. The van der Waals surface area contributed by atoms with Gasteiger partial charge >= 0.3 is 0 Å². The van der Waals surface area contributed by atoms with Crippen molar-refractivity contribution in [2.24, 2.45) is 17.8 Å². The lowest BCUT2D eigenvalue weighted by Crippen LogP contribution is -2.40. The van der Waals surface area contributed by atoms with Gasteiger partial charge < -0.3 is 15.8 Å². The van der Waals surface area contributed by atoms with Crippen molar-refractivity contribution in [3.63, 3.8) is 0 Å². The number of halogens is 1. The molecule has 5 rings (SSSR count). The maximum atomic E-state index is 13.2. The van der Waals surface area contributed by atoms with Crippen molar-refractivity contribution in [3.8, 4) is 11.3 Å². The average Bonchev–Trinajstić information content (AvgIpc) is 3.25. The lowest BCUT2D eigenvalue weighted by Gasteiger charge is -2.32. The third-order valence-electron chi connectivity index (χ3n) is 6.54. The van der Waals surface area contributed by atoms with Gasteiger partial charge in [0.25, 0.3) is 0 Å². The highest BCUT2D eigenvalue weighted by Crippen LogP contribution is 2.53. The molecule has 2 aromatic rings. The molecule has 1 saturated carbocycles. The van der Waals surface area contributed by atoms with Crippen LogP contribution in [-0.2, 0) is 9.53 Å². The monoisotopic (exact) mass is 396 g/mol. The second-order valence-corrected chi connectivity index (χ2v) is 8.28. The predicted molar refractivity (Wildman–Crippen MR) is 109 cm³/mol. The number of aromatic nitrogens is 1. The third-order valence-corrected chi connectivity index (χ3v) is 6.54. The first-order valence-corrected chi connectivity index (χ1v) is 10.3. The molecule has 3 atom stereocenters. The van der Waals surface area contributed by atoms with E-state index >= 15 is 0 Å². The normalized spacial score (nSPS) is 26.9. The number of carbonyl (C=O) groups is 1. The van der Waals surface area contributed by atoms with Crippen LogP contribution < -0.4 is 11.1 Å². The maximum absolute atomic E-state index is 13.2. The zero-order valence-corrected chi connectivity index (χ0v) is 16.2. The van der Waals surface area contributed by atoms with Crippen molar-refractivity contribution in [1.29, 1.82) is 0 Å². The molecule has 1 aliphatic carbocycles. The fourth-order valence-corrected chi connectivity index (χ4v) is 4.85. The Morgan fingerprint density at radius 2 is 1.79 bits per heavy atom. The molecule has 2 aliphatic heterocycles. The molecule has 29 heavy (non-hydrogen) atoms. The molecular formula is C22H25FN4O2. The molecule has 1 amide bonds. The van der Waals surface area contributed by atoms with E-state index in [0.717, 1.165) is 44.7 Å². The Balaban J connectivity index is 1.23. The van der Waals surface area contributed by atoms with Crippen molar-refractivity contribution >= 4 is 17.4 Å². The number of ether oxygens (including phenoxy) is 1. The number of piperidine rings is 1. The summed E-state index contributed by atoms with van der Waals surface area (Å²) in [5.74, 6) is 0.985. The van der Waals surface area contributed by atoms with E-state index in [9.17, 15) is 9.18 Å². The Labute approximate surface area is 169 Å². The molecule has 0 unspecified atom stereocenters. The zero-order chi connectivity index (χ0) is 20.0. The van der Waals surface area contributed by atoms with Crippen molar-refractivity contribution in [2.75, 3.05) is 37.4 Å². The standard InChI is InChI=1S/C22H25FN4O2/c23-14-3-1-13(2-4-14)19-6-5-18(24)21(25-19)26-22(28)20-16-11-27(12-17(16)20)15-7-9-29-10-8-15/h1-6,15-17,20H,7-12,24H2,(H,25,26,28)/t16-,17+,20+. The highest BCUT2D eigenvalue weighted by atomic mass is 19.1. The van der Waals surface area contributed by atoms with Gasteiger partial charge in [-0.3, -0.25) is 9.69 Å². The Hall–Kier alpha value is -2.51. The first-order chi connectivity index (χ1) is 14.1. The van der Waals surface area contributed by atoms with Gasteiger partial charge in [0.05, 0.1) is 11.4 Å². The van der Waals surface area contributed by atoms with E-state index in [1.54, 1.807) is 24.3 Å². The van der Waals surface area contributed by atoms with E-state index in [1.807, 2.05) is 0 Å². The molecule has 0 radical (unpaired) electrons. The number of hydrogen-bond donors (Lipinski definition) is 2. The zero-order valence-electron chi connectivity index (χ0n) is 16.2. The minimum absolute atomic E-state index is 0.00193. The summed E-state index contributed by atoms with van der Waals surface area (Å²) in [6.07, 6.45) is 2.18. The van der Waals surface area contributed by atoms with E-state index in [4.69, 9.17) is 10.5 Å². The van der Waals surface area contributed by atoms with Crippen molar-refractivity contribution in [1.82, 2.24) is 9.88 Å². The predicted octanol–water partition coefficient (Wildman–Crippen LogP) is 2.77. The number of pyridine rings is 1. The Kier molecular flexibility index (Phi) is 4.72. The van der Waals surface area contributed by atoms with E-state index < -0.39 is 0 Å². The summed E-state index contributed by atoms with van der Waals surface area (Å²) in [5, 5.41) is 2.93. The quantitative estimate of drug-likeness (QED) is 0.831. The molecule has 3 N–H and O–H groups in total. The van der Waals surface area contributed by atoms with E-state index in [2.05, 4.69) is 15.2 Å². The molecule has 7 heteroatoms. The van der Waals surface area contributed by atoms with Gasteiger partial charge in [-0.15, -0.1) is 0 Å². The number of nitrogen functional groups attached to an aromatic ring is 1. The van der Waals surface area contributed by atoms with Crippen LogP contribution in [0.25, 0.3) is 11.3 Å². The molecule has 6 nitrogen and oxygen atoms in total. The lowest BCUT2D eigenvalue weighted by molar-refractivity contribution is -0.118. The molecule has 0 spiro atoms. The van der Waals surface area contributed by atoms with E-state index in [1.165, 1.54) is 12.1 Å². The largest absolute Gasteiger partial charge is 0.396 e. The summed E-state index contributed by atoms with van der Waals surface area (Å²) in [6.45, 7) is 3.67. The molecule has 3 fully saturated rings. The van der Waals surface area contributed by atoms with Crippen LogP contribution in [0.2, 0.25) is 0 Å². The van der Waals surface area contributed by atoms with Crippen molar-refractivity contribution in [2.45, 2.75) is 18.9 Å². The second-order valence-electron chi connectivity index (χ2n) is 8.28. The molecule has 3 aliphatic rings. The summed E-state index contributed by atoms with van der Waals surface area (Å²) in [5.41, 5.74) is 7.89. The van der Waals surface area contributed by atoms with E-state index in [0.29, 0.717) is 35.1 Å². The highest BCUT2D eigenvalue weighted by molar-refractivity contribution is 5.96. The van der Waals surface area contributed by atoms with Crippen LogP contribution in [0.4, 0.5) is 15.9 Å². The summed E-state index contributed by atoms with van der Waals surface area (Å²) in [4.78, 5) is 19.9. The Morgan fingerprint density at radius 3 is 2.48 bits per heavy atom. The number of amides is 1. The fraction of sp³-hybridized carbons (Fsp3) is 0.455.